The Morgan fingerprint density at radius 3 is 2.23 bits per heavy atom. The highest BCUT2D eigenvalue weighted by molar-refractivity contribution is 6.16. The number of carbonyl (C=O) groups excluding carboxylic acids is 3. The number of ether oxygens (including phenoxy) is 5. The Morgan fingerprint density at radius 2 is 1.55 bits per heavy atom. The molecule has 2 aromatic carbocycles. The Kier molecular flexibility index (Phi) is 13.0. The average molecular weight is 611 g/mol. The van der Waals surface area contributed by atoms with Crippen LogP contribution in [0.2, 0.25) is 0 Å². The Balaban J connectivity index is 1.32. The molecule has 0 spiro atoms. The van der Waals surface area contributed by atoms with Crippen molar-refractivity contribution in [3.8, 4) is 11.5 Å². The molecule has 2 N–H and O–H groups in total. The fourth-order valence-electron chi connectivity index (χ4n) is 4.79. The summed E-state index contributed by atoms with van der Waals surface area (Å²) in [6.07, 6.45) is 1.90. The standard InChI is InChI=1S/C32H42N4O8/c1-24(37)33-9-15-41-19-20-42-16-10-34-31(38)23-44-27-7-8-30-28(21-27)29(32(39)25-3-5-26(40-2)6-4-25)22-36(30)12-11-35-13-17-43-18-14-35/h3-8,21-22H,9-20,23H2,1-2H3,(H,33,37)(H,34,38). The van der Waals surface area contributed by atoms with Gasteiger partial charge < -0.3 is 38.9 Å². The molecule has 4 rings (SSSR count). The van der Waals surface area contributed by atoms with Crippen molar-refractivity contribution in [1.29, 1.82) is 0 Å². The minimum absolute atomic E-state index is 0.0936. The number of hydrogen-bond acceptors (Lipinski definition) is 9. The molecule has 1 aliphatic heterocycles. The van der Waals surface area contributed by atoms with E-state index in [-0.39, 0.29) is 24.2 Å². The maximum Gasteiger partial charge on any atom is 0.258 e. The first-order chi connectivity index (χ1) is 21.4. The Labute approximate surface area is 257 Å². The zero-order chi connectivity index (χ0) is 31.1. The molecular formula is C32H42N4O8. The van der Waals surface area contributed by atoms with Gasteiger partial charge in [-0.1, -0.05) is 0 Å². The zero-order valence-corrected chi connectivity index (χ0v) is 25.5. The fraction of sp³-hybridized carbons (Fsp3) is 0.469. The van der Waals surface area contributed by atoms with Gasteiger partial charge in [-0.05, 0) is 42.5 Å². The van der Waals surface area contributed by atoms with Crippen LogP contribution in [0.1, 0.15) is 22.8 Å². The van der Waals surface area contributed by atoms with E-state index in [1.807, 2.05) is 24.4 Å². The molecule has 0 saturated carbocycles. The van der Waals surface area contributed by atoms with E-state index >= 15 is 0 Å². The first-order valence-corrected chi connectivity index (χ1v) is 14.9. The monoisotopic (exact) mass is 610 g/mol. The summed E-state index contributed by atoms with van der Waals surface area (Å²) in [6.45, 7) is 8.41. The van der Waals surface area contributed by atoms with E-state index in [0.717, 1.165) is 50.3 Å². The van der Waals surface area contributed by atoms with Crippen molar-refractivity contribution in [2.24, 2.45) is 0 Å². The molecule has 1 aromatic heterocycles. The molecular weight excluding hydrogens is 568 g/mol. The molecule has 0 radical (unpaired) electrons. The third kappa shape index (κ3) is 10.1. The molecule has 12 heteroatoms. The number of nitrogens with zero attached hydrogens (tertiary/aromatic N) is 2. The highest BCUT2D eigenvalue weighted by atomic mass is 16.5. The number of fused-ring (bicyclic) bond motifs is 1. The molecule has 1 fully saturated rings. The van der Waals surface area contributed by atoms with Gasteiger partial charge in [0.05, 0.1) is 46.8 Å². The minimum atomic E-state index is -0.280. The second-order valence-corrected chi connectivity index (χ2v) is 10.3. The van der Waals surface area contributed by atoms with E-state index in [4.69, 9.17) is 23.7 Å². The second kappa shape index (κ2) is 17.4. The third-order valence-corrected chi connectivity index (χ3v) is 7.14. The number of ketones is 1. The number of carbonyl (C=O) groups is 3. The Bertz CT molecular complexity index is 1370. The van der Waals surface area contributed by atoms with Crippen molar-refractivity contribution >= 4 is 28.5 Å². The minimum Gasteiger partial charge on any atom is -0.497 e. The maximum absolute atomic E-state index is 13.6. The Morgan fingerprint density at radius 1 is 0.864 bits per heavy atom. The van der Waals surface area contributed by atoms with Crippen molar-refractivity contribution in [3.05, 3.63) is 59.8 Å². The summed E-state index contributed by atoms with van der Waals surface area (Å²) in [7, 11) is 1.59. The zero-order valence-electron chi connectivity index (χ0n) is 25.5. The largest absolute Gasteiger partial charge is 0.497 e. The number of rotatable bonds is 18. The predicted octanol–water partition coefficient (Wildman–Crippen LogP) is 1.88. The molecule has 3 aromatic rings. The van der Waals surface area contributed by atoms with E-state index in [1.165, 1.54) is 6.92 Å². The van der Waals surface area contributed by atoms with Gasteiger partial charge in [0.15, 0.2) is 12.4 Å². The number of morpholine rings is 1. The molecule has 44 heavy (non-hydrogen) atoms. The van der Waals surface area contributed by atoms with E-state index in [2.05, 4.69) is 20.1 Å². The lowest BCUT2D eigenvalue weighted by molar-refractivity contribution is -0.123. The van der Waals surface area contributed by atoms with Gasteiger partial charge in [0.2, 0.25) is 5.91 Å². The van der Waals surface area contributed by atoms with E-state index < -0.39 is 0 Å². The highest BCUT2D eigenvalue weighted by Gasteiger charge is 2.19. The van der Waals surface area contributed by atoms with Gasteiger partial charge in [-0.15, -0.1) is 0 Å². The first kappa shape index (κ1) is 32.9. The van der Waals surface area contributed by atoms with Crippen molar-refractivity contribution in [1.82, 2.24) is 20.1 Å². The number of amides is 2. The number of methoxy groups -OCH3 is 1. The fourth-order valence-corrected chi connectivity index (χ4v) is 4.79. The summed E-state index contributed by atoms with van der Waals surface area (Å²) < 4.78 is 29.4. The summed E-state index contributed by atoms with van der Waals surface area (Å²) in [5.74, 6) is 0.701. The second-order valence-electron chi connectivity index (χ2n) is 10.3. The van der Waals surface area contributed by atoms with Gasteiger partial charge in [0, 0.05) is 74.4 Å². The highest BCUT2D eigenvalue weighted by Crippen LogP contribution is 2.29. The van der Waals surface area contributed by atoms with Crippen molar-refractivity contribution in [2.45, 2.75) is 13.5 Å². The smallest absolute Gasteiger partial charge is 0.258 e. The number of nitrogens with one attached hydrogen (secondary N) is 2. The van der Waals surface area contributed by atoms with Crippen molar-refractivity contribution < 1.29 is 38.1 Å². The molecule has 0 aliphatic carbocycles. The van der Waals surface area contributed by atoms with Gasteiger partial charge in [0.1, 0.15) is 11.5 Å². The van der Waals surface area contributed by atoms with E-state index in [9.17, 15) is 14.4 Å². The quantitative estimate of drug-likeness (QED) is 0.164. The molecule has 2 heterocycles. The molecule has 2 amide bonds. The summed E-state index contributed by atoms with van der Waals surface area (Å²) >= 11 is 0. The van der Waals surface area contributed by atoms with Gasteiger partial charge in [-0.2, -0.15) is 0 Å². The summed E-state index contributed by atoms with van der Waals surface area (Å²) in [6, 6.07) is 12.6. The summed E-state index contributed by atoms with van der Waals surface area (Å²) in [5, 5.41) is 6.18. The summed E-state index contributed by atoms with van der Waals surface area (Å²) in [4.78, 5) is 39.1. The molecule has 12 nitrogen and oxygen atoms in total. The number of aromatic nitrogens is 1. The SMILES string of the molecule is COc1ccc(C(=O)c2cn(CCN3CCOCC3)c3ccc(OCC(=O)NCCOCCOCCNC(C)=O)cc23)cc1. The van der Waals surface area contributed by atoms with Crippen LogP contribution in [0.15, 0.2) is 48.7 Å². The van der Waals surface area contributed by atoms with E-state index in [0.29, 0.717) is 62.1 Å². The van der Waals surface area contributed by atoms with Crippen molar-refractivity contribution in [3.63, 3.8) is 0 Å². The van der Waals surface area contributed by atoms with Crippen LogP contribution in [0.25, 0.3) is 10.9 Å². The van der Waals surface area contributed by atoms with Crippen LogP contribution in [-0.2, 0) is 30.3 Å². The average Bonchev–Trinajstić information content (AvgIpc) is 3.41. The first-order valence-electron chi connectivity index (χ1n) is 14.9. The predicted molar refractivity (Wildman–Crippen MR) is 164 cm³/mol. The van der Waals surface area contributed by atoms with Crippen LogP contribution in [0.4, 0.5) is 0 Å². The molecule has 0 bridgehead atoms. The molecule has 0 unspecified atom stereocenters. The number of hydrogen-bond donors (Lipinski definition) is 2. The lowest BCUT2D eigenvalue weighted by Crippen LogP contribution is -2.38. The topological polar surface area (TPSA) is 130 Å². The van der Waals surface area contributed by atoms with Gasteiger partial charge >= 0.3 is 0 Å². The summed E-state index contributed by atoms with van der Waals surface area (Å²) in [5.41, 5.74) is 2.05. The van der Waals surface area contributed by atoms with Crippen LogP contribution in [0.3, 0.4) is 0 Å². The van der Waals surface area contributed by atoms with Crippen LogP contribution >= 0.6 is 0 Å². The van der Waals surface area contributed by atoms with Crippen molar-refractivity contribution in [2.75, 3.05) is 86.1 Å². The van der Waals surface area contributed by atoms with E-state index in [1.54, 1.807) is 31.4 Å². The number of benzene rings is 2. The Hall–Kier alpha value is -3.97. The third-order valence-electron chi connectivity index (χ3n) is 7.14. The van der Waals surface area contributed by atoms with Crippen LogP contribution in [0, 0.1) is 0 Å². The van der Waals surface area contributed by atoms with Crippen LogP contribution in [-0.4, -0.2) is 113 Å². The molecule has 1 saturated heterocycles. The van der Waals surface area contributed by atoms with Gasteiger partial charge in [-0.25, -0.2) is 0 Å². The molecule has 238 valence electrons. The normalized spacial score (nSPS) is 13.5. The van der Waals surface area contributed by atoms with Gasteiger partial charge in [0.25, 0.3) is 5.91 Å². The van der Waals surface area contributed by atoms with Crippen LogP contribution in [0.5, 0.6) is 11.5 Å². The van der Waals surface area contributed by atoms with Gasteiger partial charge in [-0.3, -0.25) is 19.3 Å². The lowest BCUT2D eigenvalue weighted by Gasteiger charge is -2.26. The maximum atomic E-state index is 13.6. The molecule has 1 aliphatic rings. The molecule has 0 atom stereocenters. The van der Waals surface area contributed by atoms with Crippen LogP contribution < -0.4 is 20.1 Å². The lowest BCUT2D eigenvalue weighted by atomic mass is 10.0.